The molecule has 2 unspecified atom stereocenters. The fourth-order valence-corrected chi connectivity index (χ4v) is 2.76. The van der Waals surface area contributed by atoms with Crippen LogP contribution in [0.4, 0.5) is 0 Å². The highest BCUT2D eigenvalue weighted by Crippen LogP contribution is 2.25. The average Bonchev–Trinajstić information content (AvgIpc) is 2.83. The lowest BCUT2D eigenvalue weighted by Crippen LogP contribution is -2.29. The molecule has 7 nitrogen and oxygen atoms in total. The molecule has 188 valence electrons. The number of benzene rings is 2. The zero-order valence-electron chi connectivity index (χ0n) is 20.8. The Morgan fingerprint density at radius 2 is 1.31 bits per heavy atom. The van der Waals surface area contributed by atoms with Gasteiger partial charge in [-0.3, -0.25) is 0 Å². The van der Waals surface area contributed by atoms with E-state index in [1.165, 1.54) is 0 Å². The minimum absolute atomic E-state index is 0.0608. The number of rotatable bonds is 13. The van der Waals surface area contributed by atoms with E-state index in [1.807, 2.05) is 50.2 Å². The van der Waals surface area contributed by atoms with E-state index in [9.17, 15) is 14.7 Å². The molecule has 2 rings (SSSR count). The molecule has 0 aliphatic heterocycles. The molecule has 0 amide bonds. The average molecular weight is 483 g/mol. The summed E-state index contributed by atoms with van der Waals surface area (Å²) in [5, 5.41) is 9.94. The van der Waals surface area contributed by atoms with E-state index in [4.69, 9.17) is 18.9 Å². The topological polar surface area (TPSA) is 91.3 Å². The standard InChI is InChI=1S/C28H34O7/c1-18(2)26(29)33-16-21(17-34-27(30)19(3)4)15-32-24-11-7-22(8-12-24)23-9-13-25(14-10-23)35-28(31)20(5)6/h7-14,19,21,27,30H,1,5,15-17H2,2-4,6H3. The van der Waals surface area contributed by atoms with Crippen LogP contribution in [0.5, 0.6) is 11.5 Å². The van der Waals surface area contributed by atoms with Gasteiger partial charge in [0.05, 0.1) is 25.7 Å². The lowest BCUT2D eigenvalue weighted by atomic mass is 10.1. The predicted molar refractivity (Wildman–Crippen MR) is 134 cm³/mol. The third-order valence-corrected chi connectivity index (χ3v) is 4.96. The number of aliphatic hydroxyl groups excluding tert-OH is 1. The molecule has 0 radical (unpaired) electrons. The third-order valence-electron chi connectivity index (χ3n) is 4.96. The molecule has 1 N–H and O–H groups in total. The van der Waals surface area contributed by atoms with Crippen LogP contribution in [-0.2, 0) is 19.1 Å². The molecule has 0 heterocycles. The van der Waals surface area contributed by atoms with Crippen LogP contribution in [-0.4, -0.2) is 43.2 Å². The fraction of sp³-hybridized carbons (Fsp3) is 0.357. The number of hydrogen-bond acceptors (Lipinski definition) is 7. The summed E-state index contributed by atoms with van der Waals surface area (Å²) in [6.45, 7) is 14.5. The lowest BCUT2D eigenvalue weighted by molar-refractivity contribution is -0.151. The zero-order valence-corrected chi connectivity index (χ0v) is 20.8. The summed E-state index contributed by atoms with van der Waals surface area (Å²) in [7, 11) is 0. The maximum absolute atomic E-state index is 11.8. The number of carbonyl (C=O) groups excluding carboxylic acids is 2. The van der Waals surface area contributed by atoms with Crippen LogP contribution in [0.2, 0.25) is 0 Å². The summed E-state index contributed by atoms with van der Waals surface area (Å²) in [6.07, 6.45) is -0.913. The van der Waals surface area contributed by atoms with Gasteiger partial charge in [0.2, 0.25) is 0 Å². The van der Waals surface area contributed by atoms with Crippen molar-refractivity contribution >= 4 is 11.9 Å². The zero-order chi connectivity index (χ0) is 26.0. The molecule has 0 bridgehead atoms. The van der Waals surface area contributed by atoms with E-state index in [2.05, 4.69) is 13.2 Å². The molecule has 2 aromatic rings. The molecule has 0 aliphatic carbocycles. The highest BCUT2D eigenvalue weighted by molar-refractivity contribution is 5.88. The SMILES string of the molecule is C=C(C)C(=O)OCC(COc1ccc(-c2ccc(OC(=O)C(=C)C)cc2)cc1)COC(O)C(C)C. The van der Waals surface area contributed by atoms with Gasteiger partial charge in [-0.2, -0.15) is 0 Å². The number of hydrogen-bond donors (Lipinski definition) is 1. The third kappa shape index (κ3) is 9.39. The summed E-state index contributed by atoms with van der Waals surface area (Å²) < 4.78 is 21.9. The summed E-state index contributed by atoms with van der Waals surface area (Å²) in [5.41, 5.74) is 2.56. The van der Waals surface area contributed by atoms with Crippen molar-refractivity contribution in [2.45, 2.75) is 34.0 Å². The number of carbonyl (C=O) groups is 2. The molecular weight excluding hydrogens is 448 g/mol. The molecule has 0 saturated heterocycles. The van der Waals surface area contributed by atoms with Crippen LogP contribution in [0, 0.1) is 11.8 Å². The van der Waals surface area contributed by atoms with Gasteiger partial charge in [-0.15, -0.1) is 0 Å². The van der Waals surface area contributed by atoms with Crippen molar-refractivity contribution in [1.82, 2.24) is 0 Å². The number of ether oxygens (including phenoxy) is 4. The predicted octanol–water partition coefficient (Wildman–Crippen LogP) is 4.94. The van der Waals surface area contributed by atoms with E-state index < -0.39 is 18.2 Å². The highest BCUT2D eigenvalue weighted by atomic mass is 16.6. The molecule has 0 aliphatic rings. The van der Waals surface area contributed by atoms with Crippen molar-refractivity contribution in [1.29, 1.82) is 0 Å². The quantitative estimate of drug-likeness (QED) is 0.187. The largest absolute Gasteiger partial charge is 0.493 e. The molecule has 0 aromatic heterocycles. The summed E-state index contributed by atoms with van der Waals surface area (Å²) in [6, 6.07) is 14.7. The van der Waals surface area contributed by atoms with Crippen LogP contribution >= 0.6 is 0 Å². The van der Waals surface area contributed by atoms with Gasteiger partial charge in [0.25, 0.3) is 0 Å². The summed E-state index contributed by atoms with van der Waals surface area (Å²) in [5.74, 6) is -0.193. The van der Waals surface area contributed by atoms with Crippen LogP contribution in [0.25, 0.3) is 11.1 Å². The van der Waals surface area contributed by atoms with Gasteiger partial charge in [-0.05, 0) is 49.2 Å². The van der Waals surface area contributed by atoms with E-state index in [0.717, 1.165) is 11.1 Å². The Bertz CT molecular complexity index is 1010. The van der Waals surface area contributed by atoms with Gasteiger partial charge in [-0.1, -0.05) is 51.3 Å². The van der Waals surface area contributed by atoms with Crippen LogP contribution < -0.4 is 9.47 Å². The molecule has 7 heteroatoms. The first kappa shape index (κ1) is 27.8. The van der Waals surface area contributed by atoms with Crippen molar-refractivity contribution in [3.05, 3.63) is 72.8 Å². The van der Waals surface area contributed by atoms with Gasteiger partial charge < -0.3 is 24.1 Å². The molecule has 2 aromatic carbocycles. The first-order valence-corrected chi connectivity index (χ1v) is 11.4. The van der Waals surface area contributed by atoms with Crippen LogP contribution in [0.15, 0.2) is 72.8 Å². The van der Waals surface area contributed by atoms with Gasteiger partial charge in [-0.25, -0.2) is 9.59 Å². The Morgan fingerprint density at radius 1 is 0.800 bits per heavy atom. The maximum Gasteiger partial charge on any atom is 0.338 e. The lowest BCUT2D eigenvalue weighted by Gasteiger charge is -2.21. The Kier molecular flexibility index (Phi) is 10.7. The monoisotopic (exact) mass is 482 g/mol. The molecule has 35 heavy (non-hydrogen) atoms. The van der Waals surface area contributed by atoms with E-state index >= 15 is 0 Å². The van der Waals surface area contributed by atoms with Crippen LogP contribution in [0.3, 0.4) is 0 Å². The maximum atomic E-state index is 11.8. The van der Waals surface area contributed by atoms with E-state index in [-0.39, 0.29) is 31.7 Å². The number of esters is 2. The first-order valence-electron chi connectivity index (χ1n) is 11.4. The van der Waals surface area contributed by atoms with Gasteiger partial charge in [0.15, 0.2) is 6.29 Å². The molecule has 2 atom stereocenters. The van der Waals surface area contributed by atoms with Crippen LogP contribution in [0.1, 0.15) is 27.7 Å². The first-order chi connectivity index (χ1) is 16.6. The second-order valence-corrected chi connectivity index (χ2v) is 8.74. The second-order valence-electron chi connectivity index (χ2n) is 8.74. The van der Waals surface area contributed by atoms with Crippen molar-refractivity contribution in [2.24, 2.45) is 11.8 Å². The van der Waals surface area contributed by atoms with Gasteiger partial charge >= 0.3 is 11.9 Å². The van der Waals surface area contributed by atoms with E-state index in [0.29, 0.717) is 22.6 Å². The smallest absolute Gasteiger partial charge is 0.338 e. The molecule has 0 saturated carbocycles. The fourth-order valence-electron chi connectivity index (χ4n) is 2.76. The van der Waals surface area contributed by atoms with Gasteiger partial charge in [0.1, 0.15) is 11.5 Å². The van der Waals surface area contributed by atoms with Crippen molar-refractivity contribution in [2.75, 3.05) is 19.8 Å². The Morgan fingerprint density at radius 3 is 1.80 bits per heavy atom. The minimum Gasteiger partial charge on any atom is -0.493 e. The Labute approximate surface area is 207 Å². The molecular formula is C28H34O7. The Hall–Kier alpha value is -3.42. The molecule has 0 fully saturated rings. The van der Waals surface area contributed by atoms with Crippen molar-refractivity contribution < 1.29 is 33.6 Å². The van der Waals surface area contributed by atoms with Crippen molar-refractivity contribution in [3.63, 3.8) is 0 Å². The second kappa shape index (κ2) is 13.5. The van der Waals surface area contributed by atoms with Crippen molar-refractivity contribution in [3.8, 4) is 22.6 Å². The Balaban J connectivity index is 1.97. The summed E-state index contributed by atoms with van der Waals surface area (Å²) in [4.78, 5) is 23.4. The normalized spacial score (nSPS) is 12.5. The summed E-state index contributed by atoms with van der Waals surface area (Å²) >= 11 is 0. The minimum atomic E-state index is -0.913. The highest BCUT2D eigenvalue weighted by Gasteiger charge is 2.18. The number of aliphatic hydroxyl groups is 1. The molecule has 0 spiro atoms. The van der Waals surface area contributed by atoms with E-state index in [1.54, 1.807) is 26.0 Å². The van der Waals surface area contributed by atoms with Gasteiger partial charge in [0, 0.05) is 17.1 Å².